The summed E-state index contributed by atoms with van der Waals surface area (Å²) in [5.74, 6) is 0.454. The quantitative estimate of drug-likeness (QED) is 0.779. The van der Waals surface area contributed by atoms with Gasteiger partial charge in [0, 0.05) is 12.1 Å². The van der Waals surface area contributed by atoms with Gasteiger partial charge in [0.2, 0.25) is 0 Å². The lowest BCUT2D eigenvalue weighted by Gasteiger charge is -2.08. The number of esters is 1. The van der Waals surface area contributed by atoms with E-state index in [9.17, 15) is 9.59 Å². The highest BCUT2D eigenvalue weighted by atomic mass is 16.5. The topological polar surface area (TPSA) is 64.6 Å². The third-order valence-corrected chi connectivity index (χ3v) is 2.66. The Hall–Kier alpha value is -2.04. The maximum absolute atomic E-state index is 11.6. The van der Waals surface area contributed by atoms with Crippen LogP contribution in [0.15, 0.2) is 24.3 Å². The standard InChI is InChI=1S/C15H21NO4/c1-11(2)4-9-15(18)20-10-14(17)16-12-5-7-13(19-3)8-6-12/h5-8,11H,4,9-10H2,1-3H3,(H,16,17). The number of rotatable bonds is 7. The zero-order valence-corrected chi connectivity index (χ0v) is 12.1. The van der Waals surface area contributed by atoms with Crippen molar-refractivity contribution in [1.82, 2.24) is 0 Å². The smallest absolute Gasteiger partial charge is 0.306 e. The molecule has 0 saturated carbocycles. The normalized spacial score (nSPS) is 10.2. The number of nitrogens with one attached hydrogen (secondary N) is 1. The number of hydrogen-bond donors (Lipinski definition) is 1. The average Bonchev–Trinajstić information content (AvgIpc) is 2.43. The predicted octanol–water partition coefficient (Wildman–Crippen LogP) is 2.61. The van der Waals surface area contributed by atoms with Gasteiger partial charge in [-0.05, 0) is 36.6 Å². The summed E-state index contributed by atoms with van der Waals surface area (Å²) in [7, 11) is 1.57. The van der Waals surface area contributed by atoms with Gasteiger partial charge in [0.05, 0.1) is 7.11 Å². The number of methoxy groups -OCH3 is 1. The molecule has 0 aromatic heterocycles. The van der Waals surface area contributed by atoms with Crippen LogP contribution in [0.1, 0.15) is 26.7 Å². The first kappa shape index (κ1) is 16.0. The Kier molecular flexibility index (Phi) is 6.56. The molecule has 0 heterocycles. The van der Waals surface area contributed by atoms with E-state index in [2.05, 4.69) is 5.32 Å². The molecule has 1 aromatic carbocycles. The third kappa shape index (κ3) is 6.22. The lowest BCUT2D eigenvalue weighted by atomic mass is 10.1. The molecule has 20 heavy (non-hydrogen) atoms. The lowest BCUT2D eigenvalue weighted by Crippen LogP contribution is -2.20. The van der Waals surface area contributed by atoms with Crippen molar-refractivity contribution in [1.29, 1.82) is 0 Å². The Morgan fingerprint density at radius 3 is 2.40 bits per heavy atom. The van der Waals surface area contributed by atoms with Crippen molar-refractivity contribution in [2.75, 3.05) is 19.0 Å². The minimum atomic E-state index is -0.354. The Morgan fingerprint density at radius 1 is 1.20 bits per heavy atom. The van der Waals surface area contributed by atoms with Crippen LogP contribution in [0.5, 0.6) is 5.75 Å². The van der Waals surface area contributed by atoms with Crippen molar-refractivity contribution in [3.8, 4) is 5.75 Å². The van der Waals surface area contributed by atoms with Crippen molar-refractivity contribution in [3.05, 3.63) is 24.3 Å². The second kappa shape index (κ2) is 8.19. The highest BCUT2D eigenvalue weighted by Gasteiger charge is 2.08. The van der Waals surface area contributed by atoms with Crippen LogP contribution in [0.25, 0.3) is 0 Å². The van der Waals surface area contributed by atoms with E-state index in [0.29, 0.717) is 23.8 Å². The molecule has 1 aromatic rings. The fourth-order valence-electron chi connectivity index (χ4n) is 1.50. The van der Waals surface area contributed by atoms with E-state index in [1.165, 1.54) is 0 Å². The van der Waals surface area contributed by atoms with Gasteiger partial charge in [-0.1, -0.05) is 13.8 Å². The minimum absolute atomic E-state index is 0.261. The molecule has 0 aliphatic heterocycles. The van der Waals surface area contributed by atoms with E-state index in [-0.39, 0.29) is 18.5 Å². The summed E-state index contributed by atoms with van der Waals surface area (Å²) in [4.78, 5) is 23.0. The summed E-state index contributed by atoms with van der Waals surface area (Å²) in [6.07, 6.45) is 1.10. The summed E-state index contributed by atoms with van der Waals surface area (Å²) in [5.41, 5.74) is 0.633. The predicted molar refractivity (Wildman–Crippen MR) is 76.7 cm³/mol. The molecule has 0 spiro atoms. The highest BCUT2D eigenvalue weighted by Crippen LogP contribution is 2.14. The fraction of sp³-hybridized carbons (Fsp3) is 0.467. The van der Waals surface area contributed by atoms with Crippen molar-refractivity contribution in [2.45, 2.75) is 26.7 Å². The zero-order valence-electron chi connectivity index (χ0n) is 12.1. The van der Waals surface area contributed by atoms with Gasteiger partial charge in [0.1, 0.15) is 5.75 Å². The van der Waals surface area contributed by atoms with Crippen molar-refractivity contribution < 1.29 is 19.1 Å². The molecule has 5 nitrogen and oxygen atoms in total. The SMILES string of the molecule is COc1ccc(NC(=O)COC(=O)CCC(C)C)cc1. The molecule has 0 aliphatic carbocycles. The average molecular weight is 279 g/mol. The van der Waals surface area contributed by atoms with Crippen LogP contribution in [-0.2, 0) is 14.3 Å². The first-order chi connectivity index (χ1) is 9.51. The van der Waals surface area contributed by atoms with E-state index in [1.807, 2.05) is 13.8 Å². The zero-order chi connectivity index (χ0) is 15.0. The molecule has 0 aliphatic rings. The van der Waals surface area contributed by atoms with E-state index >= 15 is 0 Å². The van der Waals surface area contributed by atoms with Gasteiger partial charge < -0.3 is 14.8 Å². The van der Waals surface area contributed by atoms with Gasteiger partial charge >= 0.3 is 5.97 Å². The summed E-state index contributed by atoms with van der Waals surface area (Å²) in [6.45, 7) is 3.80. The molecule has 0 atom stereocenters. The number of amides is 1. The molecular formula is C15H21NO4. The van der Waals surface area contributed by atoms with Crippen molar-refractivity contribution >= 4 is 17.6 Å². The maximum atomic E-state index is 11.6. The number of anilines is 1. The van der Waals surface area contributed by atoms with Crippen LogP contribution in [-0.4, -0.2) is 25.6 Å². The number of benzene rings is 1. The Labute approximate surface area is 119 Å². The molecule has 5 heteroatoms. The molecule has 0 bridgehead atoms. The summed E-state index contributed by atoms with van der Waals surface area (Å²) >= 11 is 0. The van der Waals surface area contributed by atoms with E-state index < -0.39 is 0 Å². The second-order valence-corrected chi connectivity index (χ2v) is 4.87. The van der Waals surface area contributed by atoms with Gasteiger partial charge in [-0.3, -0.25) is 9.59 Å². The fourth-order valence-corrected chi connectivity index (χ4v) is 1.50. The summed E-state index contributed by atoms with van der Waals surface area (Å²) in [6, 6.07) is 6.92. The molecular weight excluding hydrogens is 258 g/mol. The molecule has 1 N–H and O–H groups in total. The van der Waals surface area contributed by atoms with E-state index in [4.69, 9.17) is 9.47 Å². The largest absolute Gasteiger partial charge is 0.497 e. The second-order valence-electron chi connectivity index (χ2n) is 4.87. The molecule has 110 valence electrons. The monoisotopic (exact) mass is 279 g/mol. The van der Waals surface area contributed by atoms with Crippen molar-refractivity contribution in [2.24, 2.45) is 5.92 Å². The maximum Gasteiger partial charge on any atom is 0.306 e. The molecule has 0 radical (unpaired) electrons. The highest BCUT2D eigenvalue weighted by molar-refractivity contribution is 5.92. The Bertz CT molecular complexity index is 440. The Balaban J connectivity index is 2.30. The van der Waals surface area contributed by atoms with Crippen molar-refractivity contribution in [3.63, 3.8) is 0 Å². The van der Waals surface area contributed by atoms with Gasteiger partial charge in [-0.15, -0.1) is 0 Å². The van der Waals surface area contributed by atoms with Gasteiger partial charge in [0.25, 0.3) is 5.91 Å². The molecule has 0 unspecified atom stereocenters. The van der Waals surface area contributed by atoms with Gasteiger partial charge in [-0.25, -0.2) is 0 Å². The lowest BCUT2D eigenvalue weighted by molar-refractivity contribution is -0.147. The number of ether oxygens (including phenoxy) is 2. The first-order valence-electron chi connectivity index (χ1n) is 6.60. The van der Waals surface area contributed by atoms with Crippen LogP contribution in [0.3, 0.4) is 0 Å². The van der Waals surface area contributed by atoms with Crippen LogP contribution >= 0.6 is 0 Å². The van der Waals surface area contributed by atoms with Crippen LogP contribution in [0.4, 0.5) is 5.69 Å². The van der Waals surface area contributed by atoms with Gasteiger partial charge in [-0.2, -0.15) is 0 Å². The van der Waals surface area contributed by atoms with Crippen LogP contribution in [0, 0.1) is 5.92 Å². The Morgan fingerprint density at radius 2 is 1.85 bits per heavy atom. The minimum Gasteiger partial charge on any atom is -0.497 e. The number of carbonyl (C=O) groups is 2. The van der Waals surface area contributed by atoms with E-state index in [1.54, 1.807) is 31.4 Å². The number of carbonyl (C=O) groups excluding carboxylic acids is 2. The van der Waals surface area contributed by atoms with Gasteiger partial charge in [0.15, 0.2) is 6.61 Å². The molecule has 1 rings (SSSR count). The first-order valence-corrected chi connectivity index (χ1v) is 6.60. The summed E-state index contributed by atoms with van der Waals surface area (Å²) < 4.78 is 9.91. The molecule has 0 saturated heterocycles. The van der Waals surface area contributed by atoms with Crippen LogP contribution < -0.4 is 10.1 Å². The van der Waals surface area contributed by atoms with Crippen LogP contribution in [0.2, 0.25) is 0 Å². The molecule has 0 fully saturated rings. The third-order valence-electron chi connectivity index (χ3n) is 2.66. The number of hydrogen-bond acceptors (Lipinski definition) is 4. The molecule has 1 amide bonds. The van der Waals surface area contributed by atoms with E-state index in [0.717, 1.165) is 6.42 Å². The summed E-state index contributed by atoms with van der Waals surface area (Å²) in [5, 5.41) is 2.64.